The summed E-state index contributed by atoms with van der Waals surface area (Å²) in [5.41, 5.74) is 4.08. The third-order valence-electron chi connectivity index (χ3n) is 5.60. The van der Waals surface area contributed by atoms with Gasteiger partial charge < -0.3 is 0 Å². The van der Waals surface area contributed by atoms with Gasteiger partial charge in [-0.25, -0.2) is 9.48 Å². The van der Waals surface area contributed by atoms with Gasteiger partial charge in [0.1, 0.15) is 5.82 Å². The number of aromatic amines is 1. The minimum atomic E-state index is -0.0394. The van der Waals surface area contributed by atoms with Crippen LogP contribution in [0, 0.1) is 0 Å². The molecule has 2 heterocycles. The molecule has 4 rings (SSSR count). The lowest BCUT2D eigenvalue weighted by Crippen LogP contribution is -2.26. The summed E-state index contributed by atoms with van der Waals surface area (Å²) >= 11 is 0. The molecule has 8 nitrogen and oxygen atoms in total. The molecule has 0 aliphatic heterocycles. The number of tetrazole rings is 1. The van der Waals surface area contributed by atoms with Crippen molar-refractivity contribution in [1.82, 2.24) is 35.0 Å². The van der Waals surface area contributed by atoms with Gasteiger partial charge in [-0.15, -0.1) is 10.2 Å². The number of allylic oxidation sites excluding steroid dienone is 2. The topological polar surface area (TPSA) is 94.3 Å². The Morgan fingerprint density at radius 1 is 1.03 bits per heavy atom. The zero-order chi connectivity index (χ0) is 23.0. The first-order chi connectivity index (χ1) is 16.2. The zero-order valence-corrected chi connectivity index (χ0v) is 19.1. The van der Waals surface area contributed by atoms with Crippen LogP contribution in [-0.4, -0.2) is 35.0 Å². The molecule has 2 aromatic heterocycles. The molecule has 0 atom stereocenters. The van der Waals surface area contributed by atoms with Crippen molar-refractivity contribution in [1.29, 1.82) is 0 Å². The molecule has 0 saturated heterocycles. The summed E-state index contributed by atoms with van der Waals surface area (Å²) in [6.07, 6.45) is 7.85. The van der Waals surface area contributed by atoms with Gasteiger partial charge in [-0.05, 0) is 41.3 Å². The van der Waals surface area contributed by atoms with Gasteiger partial charge in [0, 0.05) is 18.5 Å². The highest BCUT2D eigenvalue weighted by Crippen LogP contribution is 2.24. The monoisotopic (exact) mass is 443 g/mol. The Kier molecular flexibility index (Phi) is 7.24. The van der Waals surface area contributed by atoms with E-state index in [9.17, 15) is 4.79 Å². The molecular weight excluding hydrogens is 414 g/mol. The highest BCUT2D eigenvalue weighted by atomic mass is 16.2. The van der Waals surface area contributed by atoms with E-state index in [1.807, 2.05) is 37.3 Å². The molecule has 0 saturated carbocycles. The van der Waals surface area contributed by atoms with Gasteiger partial charge in [0.15, 0.2) is 0 Å². The molecule has 33 heavy (non-hydrogen) atoms. The molecule has 0 unspecified atom stereocenters. The second-order valence-corrected chi connectivity index (χ2v) is 8.00. The molecule has 0 amide bonds. The largest absolute Gasteiger partial charge is 0.346 e. The normalized spacial score (nSPS) is 11.5. The Morgan fingerprint density at radius 3 is 2.58 bits per heavy atom. The summed E-state index contributed by atoms with van der Waals surface area (Å²) in [6, 6.07) is 16.3. The predicted molar refractivity (Wildman–Crippen MR) is 129 cm³/mol. The van der Waals surface area contributed by atoms with Gasteiger partial charge in [-0.3, -0.25) is 4.57 Å². The summed E-state index contributed by atoms with van der Waals surface area (Å²) in [4.78, 5) is 13.0. The summed E-state index contributed by atoms with van der Waals surface area (Å²) in [5.74, 6) is 1.36. The van der Waals surface area contributed by atoms with Crippen molar-refractivity contribution in [2.24, 2.45) is 0 Å². The predicted octanol–water partition coefficient (Wildman–Crippen LogP) is 4.25. The second-order valence-electron chi connectivity index (χ2n) is 8.00. The van der Waals surface area contributed by atoms with E-state index in [2.05, 4.69) is 63.0 Å². The molecule has 1 N–H and O–H groups in total. The minimum Gasteiger partial charge on any atom is -0.274 e. The third kappa shape index (κ3) is 5.34. The fraction of sp³-hybridized carbons (Fsp3) is 0.320. The van der Waals surface area contributed by atoms with Gasteiger partial charge in [-0.1, -0.05) is 74.4 Å². The summed E-state index contributed by atoms with van der Waals surface area (Å²) in [7, 11) is 0. The van der Waals surface area contributed by atoms with Crippen LogP contribution in [0.1, 0.15) is 44.5 Å². The summed E-state index contributed by atoms with van der Waals surface area (Å²) in [5, 5.41) is 18.8. The summed E-state index contributed by atoms with van der Waals surface area (Å²) in [6.45, 7) is 5.30. The number of nitrogens with zero attached hydrogens (tertiary/aromatic N) is 6. The lowest BCUT2D eigenvalue weighted by atomic mass is 10.0. The maximum absolute atomic E-state index is 13.0. The Balaban J connectivity index is 1.55. The molecule has 170 valence electrons. The Bertz CT molecular complexity index is 1250. The number of unbranched alkanes of at least 4 members (excludes halogenated alkanes) is 2. The fourth-order valence-electron chi connectivity index (χ4n) is 3.78. The van der Waals surface area contributed by atoms with Gasteiger partial charge in [0.2, 0.25) is 5.82 Å². The van der Waals surface area contributed by atoms with Crippen molar-refractivity contribution in [3.8, 4) is 22.5 Å². The molecule has 0 spiro atoms. The zero-order valence-electron chi connectivity index (χ0n) is 19.1. The van der Waals surface area contributed by atoms with Crippen LogP contribution in [0.25, 0.3) is 22.5 Å². The standard InChI is InChI=1S/C25H29N7O/c1-3-5-7-16-32-25(33)31(23(28-32)11-6-4-2)18-19-12-14-20(15-13-19)21-9-8-10-22(17-21)24-26-29-30-27-24/h4,6,8-10,12-15,17H,3,5,7,11,16,18H2,1-2H3,(H,26,27,29,30)/b6-4+. The smallest absolute Gasteiger partial charge is 0.274 e. The fourth-order valence-corrected chi connectivity index (χ4v) is 3.78. The average molecular weight is 444 g/mol. The number of nitrogens with one attached hydrogen (secondary N) is 1. The highest BCUT2D eigenvalue weighted by molar-refractivity contribution is 5.70. The van der Waals surface area contributed by atoms with Crippen molar-refractivity contribution in [3.05, 3.63) is 82.6 Å². The Hall–Kier alpha value is -3.81. The van der Waals surface area contributed by atoms with E-state index in [-0.39, 0.29) is 5.69 Å². The molecular formula is C25H29N7O. The molecule has 4 aromatic rings. The van der Waals surface area contributed by atoms with Crippen molar-refractivity contribution in [2.75, 3.05) is 0 Å². The number of H-pyrrole nitrogens is 1. The van der Waals surface area contributed by atoms with Crippen LogP contribution in [0.4, 0.5) is 0 Å². The van der Waals surface area contributed by atoms with Crippen LogP contribution < -0.4 is 5.69 Å². The first kappa shape index (κ1) is 22.4. The van der Waals surface area contributed by atoms with Gasteiger partial charge >= 0.3 is 5.69 Å². The van der Waals surface area contributed by atoms with Crippen LogP contribution in [0.5, 0.6) is 0 Å². The SMILES string of the molecule is C/C=C/Cc1nn(CCCCC)c(=O)n1Cc1ccc(-c2cccc(-c3nn[nH]n3)c2)cc1. The number of aryl methyl sites for hydroxylation is 1. The van der Waals surface area contributed by atoms with Crippen molar-refractivity contribution < 1.29 is 0 Å². The van der Waals surface area contributed by atoms with Crippen LogP contribution in [0.15, 0.2) is 65.5 Å². The van der Waals surface area contributed by atoms with E-state index in [1.165, 1.54) is 0 Å². The molecule has 0 radical (unpaired) electrons. The molecule has 0 fully saturated rings. The number of hydrogen-bond acceptors (Lipinski definition) is 5. The molecule has 0 aliphatic rings. The summed E-state index contributed by atoms with van der Waals surface area (Å²) < 4.78 is 3.41. The number of rotatable bonds is 10. The van der Waals surface area contributed by atoms with Crippen LogP contribution >= 0.6 is 0 Å². The van der Waals surface area contributed by atoms with Crippen molar-refractivity contribution in [3.63, 3.8) is 0 Å². The highest BCUT2D eigenvalue weighted by Gasteiger charge is 2.13. The van der Waals surface area contributed by atoms with Gasteiger partial charge in [-0.2, -0.15) is 10.3 Å². The maximum Gasteiger partial charge on any atom is 0.346 e. The number of hydrogen-bond donors (Lipinski definition) is 1. The lowest BCUT2D eigenvalue weighted by molar-refractivity contribution is 0.530. The third-order valence-corrected chi connectivity index (χ3v) is 5.60. The average Bonchev–Trinajstić information content (AvgIpc) is 3.48. The van der Waals surface area contributed by atoms with Crippen LogP contribution in [-0.2, 0) is 19.5 Å². The molecule has 2 aromatic carbocycles. The van der Waals surface area contributed by atoms with E-state index in [4.69, 9.17) is 0 Å². The Labute approximate surface area is 193 Å². The number of benzene rings is 2. The van der Waals surface area contributed by atoms with Gasteiger partial charge in [0.05, 0.1) is 6.54 Å². The molecule has 0 aliphatic carbocycles. The quantitative estimate of drug-likeness (QED) is 0.292. The molecule has 0 bridgehead atoms. The van der Waals surface area contributed by atoms with Gasteiger partial charge in [0.25, 0.3) is 0 Å². The first-order valence-corrected chi connectivity index (χ1v) is 11.4. The minimum absolute atomic E-state index is 0.0394. The van der Waals surface area contributed by atoms with Crippen molar-refractivity contribution >= 4 is 0 Å². The first-order valence-electron chi connectivity index (χ1n) is 11.4. The second kappa shape index (κ2) is 10.7. The Morgan fingerprint density at radius 2 is 1.85 bits per heavy atom. The maximum atomic E-state index is 13.0. The number of aromatic nitrogens is 7. The lowest BCUT2D eigenvalue weighted by Gasteiger charge is -2.07. The van der Waals surface area contributed by atoms with Crippen molar-refractivity contribution in [2.45, 2.75) is 52.6 Å². The van der Waals surface area contributed by atoms with E-state index in [0.29, 0.717) is 25.3 Å². The van der Waals surface area contributed by atoms with Crippen LogP contribution in [0.3, 0.4) is 0 Å². The van der Waals surface area contributed by atoms with E-state index >= 15 is 0 Å². The molecule has 8 heteroatoms. The van der Waals surface area contributed by atoms with E-state index < -0.39 is 0 Å². The van der Waals surface area contributed by atoms with E-state index in [1.54, 1.807) is 9.25 Å². The van der Waals surface area contributed by atoms with E-state index in [0.717, 1.165) is 47.3 Å². The van der Waals surface area contributed by atoms with Crippen LogP contribution in [0.2, 0.25) is 0 Å².